The molecule has 0 saturated heterocycles. The van der Waals surface area contributed by atoms with Gasteiger partial charge in [-0.1, -0.05) is 72.8 Å². The molecule has 0 aliphatic rings. The van der Waals surface area contributed by atoms with Gasteiger partial charge in [-0.05, 0) is 69.2 Å². The Bertz CT molecular complexity index is 1180. The van der Waals surface area contributed by atoms with Crippen LogP contribution < -0.4 is 5.32 Å². The number of Topliss-reactive ketones (excluding diaryl/α,β-unsaturated/α-hetero) is 1. The highest BCUT2D eigenvalue weighted by molar-refractivity contribution is 5.95. The summed E-state index contributed by atoms with van der Waals surface area (Å²) in [5, 5.41) is 3.39. The number of carbonyl (C=O) groups excluding carboxylic acids is 3. The number of anilines is 1. The van der Waals surface area contributed by atoms with Gasteiger partial charge in [0.2, 0.25) is 0 Å². The second-order valence-corrected chi connectivity index (χ2v) is 9.60. The number of nitrogens with one attached hydrogen (secondary N) is 1. The molecule has 6 nitrogen and oxygen atoms in total. The first kappa shape index (κ1) is 29.6. The van der Waals surface area contributed by atoms with Crippen molar-refractivity contribution in [2.24, 2.45) is 5.92 Å². The molecular weight excluding hydrogens is 490 g/mol. The molecule has 0 bridgehead atoms. The van der Waals surface area contributed by atoms with Gasteiger partial charge in [-0.2, -0.15) is 0 Å². The van der Waals surface area contributed by atoms with Crippen molar-refractivity contribution in [2.45, 2.75) is 58.4 Å². The zero-order valence-electron chi connectivity index (χ0n) is 23.1. The van der Waals surface area contributed by atoms with Gasteiger partial charge in [0.25, 0.3) is 0 Å². The van der Waals surface area contributed by atoms with Crippen molar-refractivity contribution in [3.63, 3.8) is 0 Å². The molecule has 3 aromatic carbocycles. The maximum atomic E-state index is 13.2. The SMILES string of the molecule is CCOC(=O)C(C)c1ccc(CC(CCCC(=O)c2ccccc2)C(Nc2ccccc2)C(=O)OCC)cc1. The largest absolute Gasteiger partial charge is 0.466 e. The van der Waals surface area contributed by atoms with E-state index >= 15 is 0 Å². The monoisotopic (exact) mass is 529 g/mol. The highest BCUT2D eigenvalue weighted by Crippen LogP contribution is 2.26. The Labute approximate surface area is 231 Å². The Kier molecular flexibility index (Phi) is 11.8. The fraction of sp³-hybridized carbons (Fsp3) is 0.364. The molecule has 0 aliphatic carbocycles. The maximum absolute atomic E-state index is 13.2. The second kappa shape index (κ2) is 15.5. The Balaban J connectivity index is 1.80. The van der Waals surface area contributed by atoms with E-state index < -0.39 is 6.04 Å². The van der Waals surface area contributed by atoms with E-state index in [1.54, 1.807) is 13.8 Å². The smallest absolute Gasteiger partial charge is 0.328 e. The minimum Gasteiger partial charge on any atom is -0.466 e. The number of esters is 2. The minimum absolute atomic E-state index is 0.0929. The van der Waals surface area contributed by atoms with Crippen LogP contribution in [-0.4, -0.2) is 37.0 Å². The standard InChI is InChI=1S/C33H39NO5/c1-4-38-32(36)24(3)26-21-19-25(20-22-26)23-28(15-12-18-30(35)27-13-8-6-9-14-27)31(33(37)39-5-2)34-29-16-10-7-11-17-29/h6-11,13-14,16-17,19-22,24,28,31,34H,4-5,12,15,18,23H2,1-3H3. The van der Waals surface area contributed by atoms with Crippen molar-refractivity contribution in [1.29, 1.82) is 0 Å². The fourth-order valence-corrected chi connectivity index (χ4v) is 4.64. The molecule has 0 radical (unpaired) electrons. The number of ketones is 1. The second-order valence-electron chi connectivity index (χ2n) is 9.60. The number of rotatable bonds is 15. The van der Waals surface area contributed by atoms with Gasteiger partial charge in [-0.15, -0.1) is 0 Å². The molecule has 0 spiro atoms. The van der Waals surface area contributed by atoms with E-state index in [1.165, 1.54) is 0 Å². The van der Waals surface area contributed by atoms with E-state index in [4.69, 9.17) is 9.47 Å². The van der Waals surface area contributed by atoms with Gasteiger partial charge >= 0.3 is 11.9 Å². The zero-order chi connectivity index (χ0) is 28.0. The van der Waals surface area contributed by atoms with E-state index in [-0.39, 0.29) is 36.2 Å². The predicted octanol–water partition coefficient (Wildman–Crippen LogP) is 6.61. The van der Waals surface area contributed by atoms with Crippen LogP contribution in [0.15, 0.2) is 84.9 Å². The van der Waals surface area contributed by atoms with Crippen molar-refractivity contribution in [3.8, 4) is 0 Å². The summed E-state index contributed by atoms with van der Waals surface area (Å²) in [6, 6.07) is 26.2. The topological polar surface area (TPSA) is 81.7 Å². The molecule has 3 unspecified atom stereocenters. The molecule has 39 heavy (non-hydrogen) atoms. The summed E-state index contributed by atoms with van der Waals surface area (Å²) < 4.78 is 10.6. The van der Waals surface area contributed by atoms with Crippen molar-refractivity contribution in [3.05, 3.63) is 102 Å². The highest BCUT2D eigenvalue weighted by Gasteiger charge is 2.30. The molecule has 0 aliphatic heterocycles. The first-order valence-electron chi connectivity index (χ1n) is 13.7. The molecule has 3 rings (SSSR count). The number of ether oxygens (including phenoxy) is 2. The molecule has 6 heteroatoms. The van der Waals surface area contributed by atoms with Gasteiger partial charge in [0.05, 0.1) is 19.1 Å². The van der Waals surface area contributed by atoms with Gasteiger partial charge in [-0.3, -0.25) is 9.59 Å². The summed E-state index contributed by atoms with van der Waals surface area (Å²) in [7, 11) is 0. The van der Waals surface area contributed by atoms with E-state index in [1.807, 2.05) is 91.9 Å². The van der Waals surface area contributed by atoms with Crippen LogP contribution in [0.25, 0.3) is 0 Å². The normalized spacial score (nSPS) is 13.1. The molecule has 0 heterocycles. The van der Waals surface area contributed by atoms with Gasteiger partial charge in [0.15, 0.2) is 5.78 Å². The lowest BCUT2D eigenvalue weighted by atomic mass is 9.86. The molecule has 206 valence electrons. The van der Waals surface area contributed by atoms with Gasteiger partial charge in [0.1, 0.15) is 6.04 Å². The number of carbonyl (C=O) groups is 3. The van der Waals surface area contributed by atoms with Crippen LogP contribution >= 0.6 is 0 Å². The number of hydrogen-bond donors (Lipinski definition) is 1. The molecule has 0 amide bonds. The van der Waals surface area contributed by atoms with Crippen LogP contribution in [-0.2, 0) is 25.5 Å². The summed E-state index contributed by atoms with van der Waals surface area (Å²) in [6.45, 7) is 6.06. The average Bonchev–Trinajstić information content (AvgIpc) is 2.96. The Morgan fingerprint density at radius 3 is 1.97 bits per heavy atom. The molecular formula is C33H39NO5. The van der Waals surface area contributed by atoms with Crippen LogP contribution in [0.3, 0.4) is 0 Å². The van der Waals surface area contributed by atoms with Crippen LogP contribution in [0.4, 0.5) is 5.69 Å². The number of benzene rings is 3. The Morgan fingerprint density at radius 1 is 0.769 bits per heavy atom. The van der Waals surface area contributed by atoms with Gasteiger partial charge in [0, 0.05) is 17.7 Å². The molecule has 0 fully saturated rings. The van der Waals surface area contributed by atoms with E-state index in [0.29, 0.717) is 37.9 Å². The third-order valence-electron chi connectivity index (χ3n) is 6.80. The summed E-state index contributed by atoms with van der Waals surface area (Å²) in [6.07, 6.45) is 2.31. The van der Waals surface area contributed by atoms with Crippen molar-refractivity contribution in [2.75, 3.05) is 18.5 Å². The lowest BCUT2D eigenvalue weighted by molar-refractivity contribution is -0.146. The summed E-state index contributed by atoms with van der Waals surface area (Å²) >= 11 is 0. The maximum Gasteiger partial charge on any atom is 0.328 e. The fourth-order valence-electron chi connectivity index (χ4n) is 4.64. The Morgan fingerprint density at radius 2 is 1.36 bits per heavy atom. The third kappa shape index (κ3) is 9.10. The van der Waals surface area contributed by atoms with Crippen LogP contribution in [0.1, 0.15) is 67.4 Å². The Hall–Kier alpha value is -3.93. The van der Waals surface area contributed by atoms with Crippen molar-refractivity contribution < 1.29 is 23.9 Å². The molecule has 3 atom stereocenters. The van der Waals surface area contributed by atoms with Crippen LogP contribution in [0.5, 0.6) is 0 Å². The predicted molar refractivity (Wildman–Crippen MR) is 154 cm³/mol. The summed E-state index contributed by atoms with van der Waals surface area (Å²) in [5.74, 6) is -0.948. The van der Waals surface area contributed by atoms with Crippen LogP contribution in [0, 0.1) is 5.92 Å². The zero-order valence-corrected chi connectivity index (χ0v) is 23.1. The van der Waals surface area contributed by atoms with Crippen molar-refractivity contribution >= 4 is 23.4 Å². The number of para-hydroxylation sites is 1. The first-order chi connectivity index (χ1) is 18.9. The lowest BCUT2D eigenvalue weighted by Gasteiger charge is -2.28. The summed E-state index contributed by atoms with van der Waals surface area (Å²) in [4.78, 5) is 38.1. The molecule has 3 aromatic rings. The van der Waals surface area contributed by atoms with Gasteiger partial charge in [-0.25, -0.2) is 4.79 Å². The molecule has 1 N–H and O–H groups in total. The average molecular weight is 530 g/mol. The quantitative estimate of drug-likeness (QED) is 0.176. The van der Waals surface area contributed by atoms with E-state index in [0.717, 1.165) is 16.8 Å². The van der Waals surface area contributed by atoms with E-state index in [2.05, 4.69) is 5.32 Å². The van der Waals surface area contributed by atoms with Gasteiger partial charge < -0.3 is 14.8 Å². The van der Waals surface area contributed by atoms with Crippen molar-refractivity contribution in [1.82, 2.24) is 0 Å². The molecule has 0 aromatic heterocycles. The van der Waals surface area contributed by atoms with E-state index in [9.17, 15) is 14.4 Å². The summed E-state index contributed by atoms with van der Waals surface area (Å²) in [5.41, 5.74) is 3.45. The minimum atomic E-state index is -0.586. The van der Waals surface area contributed by atoms with Crippen LogP contribution in [0.2, 0.25) is 0 Å². The number of hydrogen-bond acceptors (Lipinski definition) is 6. The lowest BCUT2D eigenvalue weighted by Crippen LogP contribution is -2.39. The first-order valence-corrected chi connectivity index (χ1v) is 13.7. The third-order valence-corrected chi connectivity index (χ3v) is 6.80. The molecule has 0 saturated carbocycles. The highest BCUT2D eigenvalue weighted by atomic mass is 16.5.